The lowest BCUT2D eigenvalue weighted by molar-refractivity contribution is -0.139. The van der Waals surface area contributed by atoms with Crippen LogP contribution in [0.3, 0.4) is 0 Å². The van der Waals surface area contributed by atoms with Crippen molar-refractivity contribution in [3.05, 3.63) is 101 Å². The number of benzene rings is 4. The van der Waals surface area contributed by atoms with Crippen LogP contribution in [0.1, 0.15) is 36.1 Å². The lowest BCUT2D eigenvalue weighted by Crippen LogP contribution is -2.18. The minimum Gasteiger partial charge on any atom is -0.490 e. The molecule has 0 aromatic heterocycles. The summed E-state index contributed by atoms with van der Waals surface area (Å²) in [5.74, 6) is -0.779. The van der Waals surface area contributed by atoms with Crippen LogP contribution in [0.5, 0.6) is 11.5 Å². The number of alkyl halides is 6. The van der Waals surface area contributed by atoms with Crippen molar-refractivity contribution in [1.82, 2.24) is 0 Å². The quantitative estimate of drug-likeness (QED) is 0.135. The third-order valence-electron chi connectivity index (χ3n) is 8.53. The number of epoxide rings is 2. The summed E-state index contributed by atoms with van der Waals surface area (Å²) in [5, 5.41) is 0. The predicted octanol–water partition coefficient (Wildman–Crippen LogP) is 9.06. The molecular formula is C35H29F6NO4. The SMILES string of the molecule is CC1(C)c2ccccc2-c2ccc(N(c3ccc(OCC4CO4)c(C(F)(F)F)c3)c3ccc(OCC4CO4)c(C(F)(F)F)c3)cc21. The molecule has 4 aromatic carbocycles. The van der Waals surface area contributed by atoms with Gasteiger partial charge >= 0.3 is 12.4 Å². The second-order valence-electron chi connectivity index (χ2n) is 12.1. The van der Waals surface area contributed by atoms with Crippen molar-refractivity contribution in [2.24, 2.45) is 0 Å². The highest BCUT2D eigenvalue weighted by atomic mass is 19.4. The summed E-state index contributed by atoms with van der Waals surface area (Å²) in [4.78, 5) is 1.39. The van der Waals surface area contributed by atoms with E-state index in [-0.39, 0.29) is 48.3 Å². The normalized spacial score (nSPS) is 19.3. The standard InChI is InChI=1S/C35H29F6NO4/c1-33(2)27-6-4-3-5-25(27)26-10-7-20(13-28(26)33)42(21-8-11-31(45-18-23-16-43-23)29(14-21)34(36,37)38)22-9-12-32(46-19-24-17-44-24)30(15-22)35(39,40)41/h3-15,23-24H,16-19H2,1-2H3. The fourth-order valence-corrected chi connectivity index (χ4v) is 5.98. The Morgan fingerprint density at radius 1 is 0.652 bits per heavy atom. The predicted molar refractivity (Wildman–Crippen MR) is 159 cm³/mol. The maximum atomic E-state index is 14.4. The molecule has 0 N–H and O–H groups in total. The molecule has 2 atom stereocenters. The Hall–Kier alpha value is -4.22. The fraction of sp³-hybridized carbons (Fsp3) is 0.314. The van der Waals surface area contributed by atoms with Crippen molar-refractivity contribution in [2.75, 3.05) is 31.3 Å². The Kier molecular flexibility index (Phi) is 7.24. The van der Waals surface area contributed by atoms with E-state index in [1.807, 2.05) is 50.2 Å². The smallest absolute Gasteiger partial charge is 0.420 e. The summed E-state index contributed by atoms with van der Waals surface area (Å²) in [5.41, 5.74) is 1.79. The van der Waals surface area contributed by atoms with Crippen LogP contribution >= 0.6 is 0 Å². The number of ether oxygens (including phenoxy) is 4. The van der Waals surface area contributed by atoms with Gasteiger partial charge < -0.3 is 23.8 Å². The number of hydrogen-bond donors (Lipinski definition) is 0. The highest BCUT2D eigenvalue weighted by Gasteiger charge is 2.39. The molecule has 2 aliphatic heterocycles. The number of rotatable bonds is 9. The lowest BCUT2D eigenvalue weighted by atomic mass is 9.82. The topological polar surface area (TPSA) is 46.8 Å². The molecule has 2 heterocycles. The molecule has 0 radical (unpaired) electrons. The van der Waals surface area contributed by atoms with Crippen LogP contribution in [0, 0.1) is 0 Å². The summed E-state index contributed by atoms with van der Waals surface area (Å²) in [6.07, 6.45) is -10.2. The molecule has 0 amide bonds. The van der Waals surface area contributed by atoms with Crippen LogP contribution in [-0.4, -0.2) is 38.6 Å². The first-order valence-electron chi connectivity index (χ1n) is 14.8. The average molecular weight is 642 g/mol. The van der Waals surface area contributed by atoms with Gasteiger partial charge in [0.05, 0.1) is 24.3 Å². The fourth-order valence-electron chi connectivity index (χ4n) is 5.98. The maximum absolute atomic E-state index is 14.4. The van der Waals surface area contributed by atoms with Crippen LogP contribution in [0.25, 0.3) is 11.1 Å². The minimum absolute atomic E-state index is 0.00351. The number of anilines is 3. The van der Waals surface area contributed by atoms with Crippen LogP contribution in [0.4, 0.5) is 43.4 Å². The van der Waals surface area contributed by atoms with Gasteiger partial charge in [-0.25, -0.2) is 0 Å². The van der Waals surface area contributed by atoms with Gasteiger partial charge in [-0.15, -0.1) is 0 Å². The summed E-state index contributed by atoms with van der Waals surface area (Å²) in [7, 11) is 0. The molecular weight excluding hydrogens is 612 g/mol. The molecule has 46 heavy (non-hydrogen) atoms. The third kappa shape index (κ3) is 5.78. The van der Waals surface area contributed by atoms with E-state index in [2.05, 4.69) is 0 Å². The first kappa shape index (κ1) is 30.4. The van der Waals surface area contributed by atoms with E-state index in [4.69, 9.17) is 18.9 Å². The summed E-state index contributed by atoms with van der Waals surface area (Å²) in [6, 6.07) is 20.3. The average Bonchev–Trinajstić information content (AvgIpc) is 3.95. The maximum Gasteiger partial charge on any atom is 0.420 e. The molecule has 0 spiro atoms. The largest absolute Gasteiger partial charge is 0.490 e. The molecule has 1 aliphatic carbocycles. The second-order valence-corrected chi connectivity index (χ2v) is 12.1. The van der Waals surface area contributed by atoms with Crippen molar-refractivity contribution >= 4 is 17.1 Å². The molecule has 240 valence electrons. The van der Waals surface area contributed by atoms with E-state index >= 15 is 0 Å². The molecule has 0 bridgehead atoms. The van der Waals surface area contributed by atoms with Crippen LogP contribution in [0.2, 0.25) is 0 Å². The number of fused-ring (bicyclic) bond motifs is 3. The Labute approximate surface area is 261 Å². The van der Waals surface area contributed by atoms with E-state index in [1.54, 1.807) is 6.07 Å². The van der Waals surface area contributed by atoms with Gasteiger partial charge in [0.1, 0.15) is 36.9 Å². The van der Waals surface area contributed by atoms with Gasteiger partial charge in [-0.3, -0.25) is 0 Å². The zero-order valence-electron chi connectivity index (χ0n) is 24.8. The summed E-state index contributed by atoms with van der Waals surface area (Å²) in [6.45, 7) is 4.80. The van der Waals surface area contributed by atoms with Crippen molar-refractivity contribution in [1.29, 1.82) is 0 Å². The van der Waals surface area contributed by atoms with Gasteiger partial charge in [0.2, 0.25) is 0 Å². The Balaban J connectivity index is 1.38. The molecule has 5 nitrogen and oxygen atoms in total. The molecule has 2 fully saturated rings. The van der Waals surface area contributed by atoms with Gasteiger partial charge in [0.25, 0.3) is 0 Å². The monoisotopic (exact) mass is 641 g/mol. The number of nitrogens with zero attached hydrogens (tertiary/aromatic N) is 1. The third-order valence-corrected chi connectivity index (χ3v) is 8.53. The van der Waals surface area contributed by atoms with Crippen molar-refractivity contribution < 1.29 is 45.3 Å². The molecule has 0 saturated carbocycles. The molecule has 2 saturated heterocycles. The molecule has 4 aromatic rings. The van der Waals surface area contributed by atoms with E-state index in [9.17, 15) is 26.3 Å². The van der Waals surface area contributed by atoms with Gasteiger partial charge in [-0.1, -0.05) is 44.2 Å². The van der Waals surface area contributed by atoms with Gasteiger partial charge in [0.15, 0.2) is 0 Å². The molecule has 3 aliphatic rings. The van der Waals surface area contributed by atoms with Gasteiger partial charge in [-0.2, -0.15) is 26.3 Å². The Morgan fingerprint density at radius 3 is 1.61 bits per heavy atom. The highest BCUT2D eigenvalue weighted by Crippen LogP contribution is 2.51. The molecule has 2 unspecified atom stereocenters. The molecule has 11 heteroatoms. The second kappa shape index (κ2) is 10.9. The van der Waals surface area contributed by atoms with Crippen LogP contribution in [-0.2, 0) is 27.2 Å². The zero-order chi connectivity index (χ0) is 32.4. The van der Waals surface area contributed by atoms with E-state index < -0.39 is 28.9 Å². The number of hydrogen-bond acceptors (Lipinski definition) is 5. The Morgan fingerprint density at radius 2 is 1.11 bits per heavy atom. The van der Waals surface area contributed by atoms with Gasteiger partial charge in [0, 0.05) is 22.5 Å². The zero-order valence-corrected chi connectivity index (χ0v) is 24.8. The van der Waals surface area contributed by atoms with E-state index in [1.165, 1.54) is 29.2 Å². The summed E-state index contributed by atoms with van der Waals surface area (Å²) >= 11 is 0. The highest BCUT2D eigenvalue weighted by molar-refractivity contribution is 5.86. The van der Waals surface area contributed by atoms with Crippen molar-refractivity contribution in [2.45, 2.75) is 43.8 Å². The first-order valence-corrected chi connectivity index (χ1v) is 14.8. The van der Waals surface area contributed by atoms with E-state index in [0.29, 0.717) is 18.9 Å². The lowest BCUT2D eigenvalue weighted by Gasteiger charge is -2.29. The van der Waals surface area contributed by atoms with E-state index in [0.717, 1.165) is 34.4 Å². The molecule has 7 rings (SSSR count). The summed E-state index contributed by atoms with van der Waals surface area (Å²) < 4.78 is 107. The van der Waals surface area contributed by atoms with Gasteiger partial charge in [-0.05, 0) is 70.8 Å². The van der Waals surface area contributed by atoms with Crippen LogP contribution in [0.15, 0.2) is 78.9 Å². The number of halogens is 6. The van der Waals surface area contributed by atoms with Crippen molar-refractivity contribution in [3.8, 4) is 22.6 Å². The minimum atomic E-state index is -4.80. The first-order chi connectivity index (χ1) is 21.8. The Bertz CT molecular complexity index is 1720. The van der Waals surface area contributed by atoms with Crippen LogP contribution < -0.4 is 14.4 Å². The van der Waals surface area contributed by atoms with Crippen molar-refractivity contribution in [3.63, 3.8) is 0 Å².